The van der Waals surface area contributed by atoms with Crippen LogP contribution in [0, 0.1) is 0 Å². The van der Waals surface area contributed by atoms with Crippen LogP contribution in [-0.4, -0.2) is 19.5 Å². The third-order valence-corrected chi connectivity index (χ3v) is 6.02. The lowest BCUT2D eigenvalue weighted by atomic mass is 10.1. The van der Waals surface area contributed by atoms with Crippen LogP contribution in [0.15, 0.2) is 77.8 Å². The molecule has 1 N–H and O–H groups in total. The van der Waals surface area contributed by atoms with Gasteiger partial charge in [-0.25, -0.2) is 12.4 Å². The average molecular weight is 370 g/mol. The van der Waals surface area contributed by atoms with E-state index in [2.05, 4.69) is 5.32 Å². The van der Waals surface area contributed by atoms with Gasteiger partial charge in [-0.3, -0.25) is 0 Å². The fourth-order valence-electron chi connectivity index (χ4n) is 2.77. The smallest absolute Gasteiger partial charge is 0.267 e. The summed E-state index contributed by atoms with van der Waals surface area (Å²) < 4.78 is 32.2. The number of nitrogens with zero attached hydrogens (tertiary/aromatic N) is 1. The monoisotopic (exact) mass is 370 g/mol. The molecule has 0 unspecified atom stereocenters. The Morgan fingerprint density at radius 2 is 1.81 bits per heavy atom. The predicted octanol–water partition coefficient (Wildman–Crippen LogP) is 3.58. The van der Waals surface area contributed by atoms with Crippen LogP contribution in [0.25, 0.3) is 0 Å². The molecular weight excluding hydrogens is 348 g/mol. The Hall–Kier alpha value is -2.57. The molecule has 3 aromatic rings. The van der Waals surface area contributed by atoms with E-state index in [1.165, 1.54) is 3.97 Å². The van der Waals surface area contributed by atoms with Crippen molar-refractivity contribution in [3.05, 3.63) is 84.2 Å². The zero-order chi connectivity index (χ0) is 18.6. The molecule has 0 aliphatic rings. The first kappa shape index (κ1) is 18.2. The Morgan fingerprint density at radius 1 is 1.04 bits per heavy atom. The van der Waals surface area contributed by atoms with Gasteiger partial charge < -0.3 is 10.1 Å². The number of aromatic nitrogens is 1. The summed E-state index contributed by atoms with van der Waals surface area (Å²) in [5.41, 5.74) is 1.76. The van der Waals surface area contributed by atoms with Gasteiger partial charge in [0.05, 0.1) is 12.0 Å². The van der Waals surface area contributed by atoms with E-state index in [9.17, 15) is 8.42 Å². The van der Waals surface area contributed by atoms with Crippen LogP contribution < -0.4 is 10.1 Å². The second kappa shape index (κ2) is 7.76. The number of ether oxygens (including phenoxy) is 1. The fraction of sp³-hybridized carbons (Fsp3) is 0.200. The predicted molar refractivity (Wildman–Crippen MR) is 102 cm³/mol. The van der Waals surface area contributed by atoms with Gasteiger partial charge in [0, 0.05) is 24.5 Å². The van der Waals surface area contributed by atoms with Crippen LogP contribution in [0.2, 0.25) is 0 Å². The molecule has 0 aliphatic heterocycles. The molecule has 1 heterocycles. The molecule has 1 atom stereocenters. The Morgan fingerprint density at radius 3 is 2.54 bits per heavy atom. The highest BCUT2D eigenvalue weighted by Gasteiger charge is 2.19. The first-order valence-corrected chi connectivity index (χ1v) is 9.80. The van der Waals surface area contributed by atoms with Crippen LogP contribution in [0.3, 0.4) is 0 Å². The molecule has 136 valence electrons. The third kappa shape index (κ3) is 3.81. The molecule has 0 radical (unpaired) electrons. The minimum absolute atomic E-state index is 0.0490. The first-order chi connectivity index (χ1) is 12.5. The summed E-state index contributed by atoms with van der Waals surface area (Å²) in [5, 5.41) is 3.38. The highest BCUT2D eigenvalue weighted by molar-refractivity contribution is 7.90. The Kier molecular flexibility index (Phi) is 5.44. The van der Waals surface area contributed by atoms with Crippen LogP contribution in [0.4, 0.5) is 0 Å². The summed E-state index contributed by atoms with van der Waals surface area (Å²) >= 11 is 0. The zero-order valence-corrected chi connectivity index (χ0v) is 15.6. The maximum absolute atomic E-state index is 12.8. The van der Waals surface area contributed by atoms with Gasteiger partial charge in [0.1, 0.15) is 5.75 Å². The van der Waals surface area contributed by atoms with Crippen LogP contribution in [-0.2, 0) is 16.6 Å². The van der Waals surface area contributed by atoms with E-state index in [4.69, 9.17) is 4.74 Å². The highest BCUT2D eigenvalue weighted by atomic mass is 32.2. The number of methoxy groups -OCH3 is 1. The second-order valence-electron chi connectivity index (χ2n) is 5.99. The van der Waals surface area contributed by atoms with Crippen molar-refractivity contribution >= 4 is 10.0 Å². The second-order valence-corrected chi connectivity index (χ2v) is 7.81. The summed E-state index contributed by atoms with van der Waals surface area (Å²) in [6.45, 7) is 2.46. The molecule has 0 spiro atoms. The number of benzene rings is 2. The van der Waals surface area contributed by atoms with Crippen molar-refractivity contribution in [1.82, 2.24) is 9.29 Å². The number of rotatable bonds is 7. The normalized spacial score (nSPS) is 12.7. The van der Waals surface area contributed by atoms with Gasteiger partial charge in [0.25, 0.3) is 10.0 Å². The molecule has 2 aromatic carbocycles. The van der Waals surface area contributed by atoms with E-state index >= 15 is 0 Å². The summed E-state index contributed by atoms with van der Waals surface area (Å²) in [6, 6.07) is 19.9. The molecule has 3 rings (SSSR count). The summed E-state index contributed by atoms with van der Waals surface area (Å²) in [6.07, 6.45) is 1.58. The molecule has 0 saturated heterocycles. The van der Waals surface area contributed by atoms with Crippen molar-refractivity contribution in [1.29, 1.82) is 0 Å². The SMILES string of the molecule is COc1cccc([C@@H](C)NCc2cccn2S(=O)(=O)c2ccccc2)c1. The quantitative estimate of drug-likeness (QED) is 0.690. The maximum atomic E-state index is 12.8. The van der Waals surface area contributed by atoms with Gasteiger partial charge in [0.2, 0.25) is 0 Å². The van der Waals surface area contributed by atoms with Crippen molar-refractivity contribution in [3.8, 4) is 5.75 Å². The maximum Gasteiger partial charge on any atom is 0.267 e. The van der Waals surface area contributed by atoms with Crippen LogP contribution >= 0.6 is 0 Å². The minimum Gasteiger partial charge on any atom is -0.497 e. The molecule has 5 nitrogen and oxygen atoms in total. The molecule has 0 saturated carbocycles. The van der Waals surface area contributed by atoms with E-state index in [1.54, 1.807) is 49.7 Å². The van der Waals surface area contributed by atoms with Crippen molar-refractivity contribution in [2.45, 2.75) is 24.4 Å². The largest absolute Gasteiger partial charge is 0.497 e. The van der Waals surface area contributed by atoms with Gasteiger partial charge in [-0.1, -0.05) is 30.3 Å². The topological polar surface area (TPSA) is 60.3 Å². The molecule has 1 aromatic heterocycles. The zero-order valence-electron chi connectivity index (χ0n) is 14.8. The minimum atomic E-state index is -3.59. The van der Waals surface area contributed by atoms with Gasteiger partial charge in [-0.2, -0.15) is 0 Å². The molecule has 26 heavy (non-hydrogen) atoms. The average Bonchev–Trinajstić information content (AvgIpc) is 3.16. The molecule has 0 aliphatic carbocycles. The first-order valence-electron chi connectivity index (χ1n) is 8.36. The molecule has 0 fully saturated rings. The third-order valence-electron chi connectivity index (χ3n) is 4.28. The van der Waals surface area contributed by atoms with Gasteiger partial charge in [-0.05, 0) is 48.9 Å². The van der Waals surface area contributed by atoms with Gasteiger partial charge >= 0.3 is 0 Å². The van der Waals surface area contributed by atoms with Crippen molar-refractivity contribution in [2.24, 2.45) is 0 Å². The van der Waals surface area contributed by atoms with Crippen molar-refractivity contribution < 1.29 is 13.2 Å². The lowest BCUT2D eigenvalue weighted by molar-refractivity contribution is 0.413. The van der Waals surface area contributed by atoms with Crippen molar-refractivity contribution in [2.75, 3.05) is 7.11 Å². The van der Waals surface area contributed by atoms with E-state index in [1.807, 2.05) is 37.3 Å². The number of hydrogen-bond donors (Lipinski definition) is 1. The fourth-order valence-corrected chi connectivity index (χ4v) is 4.16. The Bertz CT molecular complexity index is 965. The Labute approximate surface area is 154 Å². The molecule has 0 bridgehead atoms. The van der Waals surface area contributed by atoms with Gasteiger partial charge in [0.15, 0.2) is 0 Å². The van der Waals surface area contributed by atoms with E-state index in [-0.39, 0.29) is 10.9 Å². The summed E-state index contributed by atoms with van der Waals surface area (Å²) in [7, 11) is -1.96. The molecule has 6 heteroatoms. The summed E-state index contributed by atoms with van der Waals surface area (Å²) in [4.78, 5) is 0.276. The highest BCUT2D eigenvalue weighted by Crippen LogP contribution is 2.20. The Balaban J connectivity index is 1.77. The van der Waals surface area contributed by atoms with E-state index < -0.39 is 10.0 Å². The lowest BCUT2D eigenvalue weighted by Crippen LogP contribution is -2.22. The van der Waals surface area contributed by atoms with E-state index in [0.29, 0.717) is 12.2 Å². The standard InChI is InChI=1S/C20H22N2O3S/c1-16(17-8-6-10-19(14-17)25-2)21-15-18-9-7-13-22(18)26(23,24)20-11-4-3-5-12-20/h3-14,16,21H,15H2,1-2H3/t16-/m1/s1. The van der Waals surface area contributed by atoms with Crippen molar-refractivity contribution in [3.63, 3.8) is 0 Å². The van der Waals surface area contributed by atoms with Crippen LogP contribution in [0.5, 0.6) is 5.75 Å². The lowest BCUT2D eigenvalue weighted by Gasteiger charge is -2.16. The number of nitrogens with one attached hydrogen (secondary N) is 1. The van der Waals surface area contributed by atoms with E-state index in [0.717, 1.165) is 11.3 Å². The van der Waals surface area contributed by atoms with Gasteiger partial charge in [-0.15, -0.1) is 0 Å². The molecule has 0 amide bonds. The molecular formula is C20H22N2O3S. The van der Waals surface area contributed by atoms with Crippen LogP contribution in [0.1, 0.15) is 24.2 Å². The number of hydrogen-bond acceptors (Lipinski definition) is 4. The summed E-state index contributed by atoms with van der Waals surface area (Å²) in [5.74, 6) is 0.797.